The monoisotopic (exact) mass is 408 g/mol. The third-order valence-corrected chi connectivity index (χ3v) is 6.22. The number of rotatable bonds is 7. The highest BCUT2D eigenvalue weighted by atomic mass is 35.5. The maximum atomic E-state index is 12.6. The van der Waals surface area contributed by atoms with E-state index in [1.165, 1.54) is 25.3 Å². The Morgan fingerprint density at radius 2 is 1.93 bits per heavy atom. The second-order valence-corrected chi connectivity index (χ2v) is 8.57. The van der Waals surface area contributed by atoms with Crippen molar-refractivity contribution in [3.8, 4) is 5.75 Å². The second kappa shape index (κ2) is 7.88. The van der Waals surface area contributed by atoms with Crippen molar-refractivity contribution in [2.75, 3.05) is 7.11 Å². The SMILES string of the molecule is COc1ccc(C(=O)N[C@@H](C)c2ccccc2Cl)cc1S(=O)(=O)NC1CC1. The van der Waals surface area contributed by atoms with Crippen LogP contribution in [0.3, 0.4) is 0 Å². The molecule has 0 unspecified atom stereocenters. The molecule has 8 heteroatoms. The third-order valence-electron chi connectivity index (χ3n) is 4.33. The number of hydrogen-bond donors (Lipinski definition) is 2. The van der Waals surface area contributed by atoms with Crippen LogP contribution in [0.25, 0.3) is 0 Å². The Morgan fingerprint density at radius 3 is 2.56 bits per heavy atom. The lowest BCUT2D eigenvalue weighted by Gasteiger charge is -2.17. The van der Waals surface area contributed by atoms with Crippen molar-refractivity contribution >= 4 is 27.5 Å². The van der Waals surface area contributed by atoms with Gasteiger partial charge in [-0.2, -0.15) is 0 Å². The van der Waals surface area contributed by atoms with E-state index in [0.29, 0.717) is 5.02 Å². The fourth-order valence-corrected chi connectivity index (χ4v) is 4.50. The number of ether oxygens (including phenoxy) is 1. The van der Waals surface area contributed by atoms with Crippen LogP contribution in [-0.2, 0) is 10.0 Å². The number of hydrogen-bond acceptors (Lipinski definition) is 4. The molecule has 1 fully saturated rings. The molecule has 2 N–H and O–H groups in total. The van der Waals surface area contributed by atoms with Gasteiger partial charge in [-0.25, -0.2) is 13.1 Å². The van der Waals surface area contributed by atoms with Crippen LogP contribution < -0.4 is 14.8 Å². The molecule has 0 spiro atoms. The van der Waals surface area contributed by atoms with Crippen molar-refractivity contribution in [1.29, 1.82) is 0 Å². The first-order chi connectivity index (χ1) is 12.8. The van der Waals surface area contributed by atoms with Crippen molar-refractivity contribution in [2.24, 2.45) is 0 Å². The zero-order valence-corrected chi connectivity index (χ0v) is 16.6. The van der Waals surface area contributed by atoms with E-state index >= 15 is 0 Å². The molecule has 0 aromatic heterocycles. The van der Waals surface area contributed by atoms with Gasteiger partial charge < -0.3 is 10.1 Å². The molecular formula is C19H21ClN2O4S. The summed E-state index contributed by atoms with van der Waals surface area (Å²) in [7, 11) is -2.37. The Balaban J connectivity index is 1.85. The minimum absolute atomic E-state index is 0.0440. The van der Waals surface area contributed by atoms with Crippen LogP contribution in [0.5, 0.6) is 5.75 Å². The Morgan fingerprint density at radius 1 is 1.22 bits per heavy atom. The molecule has 6 nitrogen and oxygen atoms in total. The van der Waals surface area contributed by atoms with Crippen molar-refractivity contribution < 1.29 is 17.9 Å². The number of halogens is 1. The van der Waals surface area contributed by atoms with Crippen molar-refractivity contribution in [2.45, 2.75) is 36.7 Å². The first kappa shape index (κ1) is 19.7. The summed E-state index contributed by atoms with van der Waals surface area (Å²) in [6.45, 7) is 1.81. The van der Waals surface area contributed by atoms with Crippen LogP contribution >= 0.6 is 11.6 Å². The molecule has 27 heavy (non-hydrogen) atoms. The van der Waals surface area contributed by atoms with Gasteiger partial charge in [0.25, 0.3) is 5.91 Å². The minimum Gasteiger partial charge on any atom is -0.495 e. The fourth-order valence-electron chi connectivity index (χ4n) is 2.70. The van der Waals surface area contributed by atoms with Gasteiger partial charge in [-0.05, 0) is 49.6 Å². The molecule has 0 radical (unpaired) electrons. The summed E-state index contributed by atoms with van der Waals surface area (Å²) in [5.74, 6) is -0.202. The molecule has 0 saturated heterocycles. The highest BCUT2D eigenvalue weighted by molar-refractivity contribution is 7.89. The van der Waals surface area contributed by atoms with Crippen LogP contribution in [0.4, 0.5) is 0 Å². The van der Waals surface area contributed by atoms with Crippen molar-refractivity contribution in [3.05, 3.63) is 58.6 Å². The number of amides is 1. The van der Waals surface area contributed by atoms with Crippen molar-refractivity contribution in [3.63, 3.8) is 0 Å². The molecule has 2 aromatic rings. The predicted molar refractivity (Wildman–Crippen MR) is 104 cm³/mol. The van der Waals surface area contributed by atoms with E-state index in [-0.39, 0.29) is 28.3 Å². The number of sulfonamides is 1. The van der Waals surface area contributed by atoms with Gasteiger partial charge in [0.15, 0.2) is 0 Å². The first-order valence-electron chi connectivity index (χ1n) is 8.57. The molecule has 1 amide bonds. The maximum Gasteiger partial charge on any atom is 0.251 e. The number of benzene rings is 2. The Hall–Kier alpha value is -2.09. The molecule has 0 heterocycles. The molecule has 0 bridgehead atoms. The quantitative estimate of drug-likeness (QED) is 0.736. The van der Waals surface area contributed by atoms with Gasteiger partial charge in [0, 0.05) is 16.6 Å². The summed E-state index contributed by atoms with van der Waals surface area (Å²) < 4.78 is 32.9. The molecule has 1 aliphatic rings. The topological polar surface area (TPSA) is 84.5 Å². The zero-order chi connectivity index (χ0) is 19.6. The molecule has 144 valence electrons. The molecule has 1 aliphatic carbocycles. The Kier molecular flexibility index (Phi) is 5.74. The number of methoxy groups -OCH3 is 1. The van der Waals surface area contributed by atoms with Gasteiger partial charge in [0.2, 0.25) is 10.0 Å². The van der Waals surface area contributed by atoms with Crippen LogP contribution in [0.2, 0.25) is 5.02 Å². The van der Waals surface area contributed by atoms with Gasteiger partial charge in [-0.1, -0.05) is 29.8 Å². The third kappa shape index (κ3) is 4.61. The highest BCUT2D eigenvalue weighted by Crippen LogP contribution is 2.29. The average molecular weight is 409 g/mol. The van der Waals surface area contributed by atoms with Crippen LogP contribution in [0.1, 0.15) is 41.7 Å². The zero-order valence-electron chi connectivity index (χ0n) is 15.0. The van der Waals surface area contributed by atoms with Crippen molar-refractivity contribution in [1.82, 2.24) is 10.0 Å². The molecule has 0 aliphatic heterocycles. The summed E-state index contributed by atoms with van der Waals surface area (Å²) >= 11 is 6.17. The van der Waals surface area contributed by atoms with Gasteiger partial charge in [-0.15, -0.1) is 0 Å². The van der Waals surface area contributed by atoms with Gasteiger partial charge in [0.1, 0.15) is 10.6 Å². The summed E-state index contributed by atoms with van der Waals surface area (Å²) in [5, 5.41) is 3.40. The van der Waals surface area contributed by atoms with E-state index in [0.717, 1.165) is 18.4 Å². The van der Waals surface area contributed by atoms with E-state index in [2.05, 4.69) is 10.0 Å². The van der Waals surface area contributed by atoms with Gasteiger partial charge in [-0.3, -0.25) is 4.79 Å². The van der Waals surface area contributed by atoms with Gasteiger partial charge in [0.05, 0.1) is 13.2 Å². The smallest absolute Gasteiger partial charge is 0.251 e. The second-order valence-electron chi connectivity index (χ2n) is 6.48. The van der Waals surface area contributed by atoms with E-state index < -0.39 is 15.9 Å². The average Bonchev–Trinajstić information content (AvgIpc) is 3.44. The van der Waals surface area contributed by atoms with E-state index in [9.17, 15) is 13.2 Å². The standard InChI is InChI=1S/C19H21ClN2O4S/c1-12(15-5-3-4-6-16(15)20)21-19(23)13-7-10-17(26-2)18(11-13)27(24,25)22-14-8-9-14/h3-7,10-12,14,22H,8-9H2,1-2H3,(H,21,23)/t12-/m0/s1. The first-order valence-corrected chi connectivity index (χ1v) is 10.4. The van der Waals surface area contributed by atoms with E-state index in [1.807, 2.05) is 25.1 Å². The number of nitrogens with one attached hydrogen (secondary N) is 2. The normalized spacial score (nSPS) is 15.2. The van der Waals surface area contributed by atoms with E-state index in [4.69, 9.17) is 16.3 Å². The minimum atomic E-state index is -3.76. The fraction of sp³-hybridized carbons (Fsp3) is 0.316. The molecule has 2 aromatic carbocycles. The summed E-state index contributed by atoms with van der Waals surface area (Å²) in [6.07, 6.45) is 1.63. The van der Waals surface area contributed by atoms with Crippen LogP contribution in [-0.4, -0.2) is 27.5 Å². The molecule has 1 saturated carbocycles. The molecular weight excluding hydrogens is 388 g/mol. The summed E-state index contributed by atoms with van der Waals surface area (Å²) in [6, 6.07) is 11.2. The molecule has 1 atom stereocenters. The Labute approximate surface area is 163 Å². The lowest BCUT2D eigenvalue weighted by Crippen LogP contribution is -2.28. The van der Waals surface area contributed by atoms with Crippen LogP contribution in [0, 0.1) is 0 Å². The highest BCUT2D eigenvalue weighted by Gasteiger charge is 2.30. The predicted octanol–water partition coefficient (Wildman–Crippen LogP) is 3.28. The lowest BCUT2D eigenvalue weighted by molar-refractivity contribution is 0.0939. The number of carbonyl (C=O) groups is 1. The lowest BCUT2D eigenvalue weighted by atomic mass is 10.1. The summed E-state index contributed by atoms with van der Waals surface area (Å²) in [5.41, 5.74) is 1.01. The van der Waals surface area contributed by atoms with Crippen LogP contribution in [0.15, 0.2) is 47.4 Å². The van der Waals surface area contributed by atoms with Gasteiger partial charge >= 0.3 is 0 Å². The van der Waals surface area contributed by atoms with E-state index in [1.54, 1.807) is 6.07 Å². The molecule has 3 rings (SSSR count). The summed E-state index contributed by atoms with van der Waals surface area (Å²) in [4.78, 5) is 12.6. The number of carbonyl (C=O) groups excluding carboxylic acids is 1. The maximum absolute atomic E-state index is 12.6. The Bertz CT molecular complexity index is 958. The largest absolute Gasteiger partial charge is 0.495 e.